The molecule has 0 spiro atoms. The lowest BCUT2D eigenvalue weighted by Crippen LogP contribution is -2.52. The highest BCUT2D eigenvalue weighted by Gasteiger charge is 2.34. The molecule has 2 heterocycles. The lowest BCUT2D eigenvalue weighted by atomic mass is 9.95. The van der Waals surface area contributed by atoms with Crippen LogP contribution in [0.1, 0.15) is 29.8 Å². The summed E-state index contributed by atoms with van der Waals surface area (Å²) < 4.78 is 5.51. The van der Waals surface area contributed by atoms with Crippen molar-refractivity contribution in [3.05, 3.63) is 88.7 Å². The van der Waals surface area contributed by atoms with Gasteiger partial charge in [0.05, 0.1) is 35.7 Å². The van der Waals surface area contributed by atoms with Crippen molar-refractivity contribution in [1.82, 2.24) is 9.88 Å². The zero-order valence-corrected chi connectivity index (χ0v) is 20.6. The zero-order chi connectivity index (χ0) is 24.8. The fourth-order valence-corrected chi connectivity index (χ4v) is 4.85. The minimum absolute atomic E-state index is 0.0392. The molecule has 186 valence electrons. The number of β-amino-alcohol motifs (C(OH)–C–C–N with tert-alkyl or cyclic N) is 1. The first-order chi connectivity index (χ1) is 16.9. The van der Waals surface area contributed by atoms with Crippen LogP contribution in [0.2, 0.25) is 5.02 Å². The third-order valence-electron chi connectivity index (χ3n) is 6.38. The minimum atomic E-state index is -1.09. The van der Waals surface area contributed by atoms with Crippen molar-refractivity contribution in [3.63, 3.8) is 0 Å². The molecule has 1 fully saturated rings. The maximum Gasteiger partial charge on any atom is 0.121 e. The van der Waals surface area contributed by atoms with Gasteiger partial charge in [0.2, 0.25) is 0 Å². The number of aromatic nitrogens is 1. The number of nitrogens with zero attached hydrogens (tertiary/aromatic N) is 3. The van der Waals surface area contributed by atoms with Gasteiger partial charge in [-0.15, -0.1) is 0 Å². The Morgan fingerprint density at radius 3 is 2.54 bits per heavy atom. The van der Waals surface area contributed by atoms with Crippen molar-refractivity contribution in [2.24, 2.45) is 0 Å². The van der Waals surface area contributed by atoms with Crippen LogP contribution in [0.4, 0.5) is 5.69 Å². The molecular formula is C27H32ClN3O4. The summed E-state index contributed by atoms with van der Waals surface area (Å²) in [5.74, 6) is 0.625. The van der Waals surface area contributed by atoms with Gasteiger partial charge in [0.25, 0.3) is 0 Å². The molecule has 1 unspecified atom stereocenters. The Kier molecular flexibility index (Phi) is 8.26. The van der Waals surface area contributed by atoms with Gasteiger partial charge in [-0.3, -0.25) is 9.88 Å². The van der Waals surface area contributed by atoms with E-state index in [0.29, 0.717) is 29.6 Å². The SMILES string of the molecule is CC(O)(CN1CCN(c2ccc(OCCO)cc2Cl)[C@H](c2ccccc2)C1)c1ccc(CO)nc1. The van der Waals surface area contributed by atoms with Gasteiger partial charge in [-0.25, -0.2) is 0 Å². The van der Waals surface area contributed by atoms with Crippen LogP contribution in [0.3, 0.4) is 0 Å². The quantitative estimate of drug-likeness (QED) is 0.417. The summed E-state index contributed by atoms with van der Waals surface area (Å²) >= 11 is 6.68. The van der Waals surface area contributed by atoms with Crippen LogP contribution in [-0.4, -0.2) is 64.6 Å². The van der Waals surface area contributed by atoms with Gasteiger partial charge in [0.15, 0.2) is 0 Å². The summed E-state index contributed by atoms with van der Waals surface area (Å²) in [4.78, 5) is 8.80. The summed E-state index contributed by atoms with van der Waals surface area (Å²) in [6.45, 7) is 4.48. The molecule has 3 N–H and O–H groups in total. The summed E-state index contributed by atoms with van der Waals surface area (Å²) in [7, 11) is 0. The smallest absolute Gasteiger partial charge is 0.121 e. The molecule has 0 aliphatic carbocycles. The molecule has 0 amide bonds. The van der Waals surface area contributed by atoms with E-state index in [1.807, 2.05) is 36.4 Å². The third kappa shape index (κ3) is 6.12. The second-order valence-electron chi connectivity index (χ2n) is 9.01. The van der Waals surface area contributed by atoms with Gasteiger partial charge in [0, 0.05) is 44.0 Å². The van der Waals surface area contributed by atoms with E-state index >= 15 is 0 Å². The van der Waals surface area contributed by atoms with Crippen LogP contribution in [-0.2, 0) is 12.2 Å². The number of piperazine rings is 1. The minimum Gasteiger partial charge on any atom is -0.491 e. The van der Waals surface area contributed by atoms with Crippen molar-refractivity contribution in [3.8, 4) is 5.75 Å². The fourth-order valence-electron chi connectivity index (χ4n) is 4.57. The summed E-state index contributed by atoms with van der Waals surface area (Å²) in [5, 5.41) is 30.1. The number of aliphatic hydroxyl groups excluding tert-OH is 2. The fraction of sp³-hybridized carbons (Fsp3) is 0.370. The number of pyridine rings is 1. The average molecular weight is 498 g/mol. The van der Waals surface area contributed by atoms with Crippen LogP contribution in [0.25, 0.3) is 0 Å². The van der Waals surface area contributed by atoms with Crippen molar-refractivity contribution in [2.75, 3.05) is 44.3 Å². The van der Waals surface area contributed by atoms with Gasteiger partial charge in [-0.2, -0.15) is 0 Å². The molecule has 7 nitrogen and oxygen atoms in total. The first-order valence-electron chi connectivity index (χ1n) is 11.8. The predicted molar refractivity (Wildman–Crippen MR) is 137 cm³/mol. The largest absolute Gasteiger partial charge is 0.491 e. The molecule has 2 atom stereocenters. The Bertz CT molecular complexity index is 1100. The molecule has 8 heteroatoms. The van der Waals surface area contributed by atoms with Gasteiger partial charge < -0.3 is 25.0 Å². The molecule has 35 heavy (non-hydrogen) atoms. The Hall–Kier alpha value is -2.68. The highest BCUT2D eigenvalue weighted by Crippen LogP contribution is 2.37. The van der Waals surface area contributed by atoms with Gasteiger partial charge in [-0.1, -0.05) is 48.0 Å². The maximum absolute atomic E-state index is 11.3. The standard InChI is InChI=1S/C27H32ClN3O4/c1-27(34,21-7-8-22(18-33)29-16-21)19-30-11-12-31(26(17-30)20-5-3-2-4-6-20)25-10-9-23(15-24(25)28)35-14-13-32/h2-10,15-16,26,32-34H,11-14,17-19H2,1H3/t26-,27?/m0/s1. The van der Waals surface area contributed by atoms with E-state index in [2.05, 4.69) is 26.9 Å². The van der Waals surface area contributed by atoms with Crippen LogP contribution in [0.15, 0.2) is 66.9 Å². The zero-order valence-electron chi connectivity index (χ0n) is 19.8. The highest BCUT2D eigenvalue weighted by molar-refractivity contribution is 6.33. The molecule has 1 aliphatic rings. The maximum atomic E-state index is 11.3. The van der Waals surface area contributed by atoms with Gasteiger partial charge >= 0.3 is 0 Å². The first kappa shape index (κ1) is 25.4. The van der Waals surface area contributed by atoms with Crippen molar-refractivity contribution in [1.29, 1.82) is 0 Å². The number of ether oxygens (including phenoxy) is 1. The molecular weight excluding hydrogens is 466 g/mol. The molecule has 4 rings (SSSR count). The van der Waals surface area contributed by atoms with Crippen molar-refractivity contribution < 1.29 is 20.1 Å². The molecule has 1 aliphatic heterocycles. The monoisotopic (exact) mass is 497 g/mol. The number of anilines is 1. The molecule has 2 aromatic carbocycles. The second kappa shape index (κ2) is 11.4. The molecule has 0 bridgehead atoms. The lowest BCUT2D eigenvalue weighted by Gasteiger charge is -2.45. The first-order valence-corrected chi connectivity index (χ1v) is 12.1. The predicted octanol–water partition coefficient (Wildman–Crippen LogP) is 3.37. The van der Waals surface area contributed by atoms with E-state index in [4.69, 9.17) is 21.4 Å². The number of hydrogen-bond acceptors (Lipinski definition) is 7. The third-order valence-corrected chi connectivity index (χ3v) is 6.68. The number of rotatable bonds is 9. The highest BCUT2D eigenvalue weighted by atomic mass is 35.5. The second-order valence-corrected chi connectivity index (χ2v) is 9.42. The molecule has 1 aromatic heterocycles. The van der Waals surface area contributed by atoms with E-state index in [9.17, 15) is 10.2 Å². The Morgan fingerprint density at radius 2 is 1.89 bits per heavy atom. The molecule has 1 saturated heterocycles. The Balaban J connectivity index is 1.55. The number of hydrogen-bond donors (Lipinski definition) is 3. The van der Waals surface area contributed by atoms with Gasteiger partial charge in [-0.05, 0) is 30.7 Å². The van der Waals surface area contributed by atoms with E-state index < -0.39 is 5.60 Å². The van der Waals surface area contributed by atoms with Crippen molar-refractivity contribution >= 4 is 17.3 Å². The van der Waals surface area contributed by atoms with Crippen LogP contribution >= 0.6 is 11.6 Å². The van der Waals surface area contributed by atoms with Crippen molar-refractivity contribution in [2.45, 2.75) is 25.2 Å². The summed E-state index contributed by atoms with van der Waals surface area (Å²) in [6.07, 6.45) is 1.64. The van der Waals surface area contributed by atoms with E-state index in [-0.39, 0.29) is 25.9 Å². The Labute approximate surface area is 211 Å². The summed E-state index contributed by atoms with van der Waals surface area (Å²) in [5.41, 5.74) is 2.30. The van der Waals surface area contributed by atoms with E-state index in [1.165, 1.54) is 5.56 Å². The Morgan fingerprint density at radius 1 is 1.09 bits per heavy atom. The number of halogens is 1. The number of aliphatic hydroxyl groups is 3. The molecule has 0 radical (unpaired) electrons. The average Bonchev–Trinajstić information content (AvgIpc) is 2.88. The van der Waals surface area contributed by atoms with Crippen LogP contribution in [0, 0.1) is 0 Å². The van der Waals surface area contributed by atoms with Crippen LogP contribution < -0.4 is 9.64 Å². The number of benzene rings is 2. The normalized spacial score (nSPS) is 18.3. The molecule has 0 saturated carbocycles. The topological polar surface area (TPSA) is 89.3 Å². The van der Waals surface area contributed by atoms with Gasteiger partial charge in [0.1, 0.15) is 18.0 Å². The van der Waals surface area contributed by atoms with E-state index in [1.54, 1.807) is 25.3 Å². The lowest BCUT2D eigenvalue weighted by molar-refractivity contribution is 0.00997. The van der Waals surface area contributed by atoms with Crippen LogP contribution in [0.5, 0.6) is 5.75 Å². The van der Waals surface area contributed by atoms with E-state index in [0.717, 1.165) is 24.3 Å². The summed E-state index contributed by atoms with van der Waals surface area (Å²) in [6, 6.07) is 19.5. The molecule has 3 aromatic rings.